The van der Waals surface area contributed by atoms with Crippen molar-refractivity contribution in [3.8, 4) is 0 Å². The molecule has 3 aromatic rings. The van der Waals surface area contributed by atoms with E-state index in [1.165, 1.54) is 29.7 Å². The summed E-state index contributed by atoms with van der Waals surface area (Å²) in [5, 5.41) is 11.6. The van der Waals surface area contributed by atoms with Crippen LogP contribution in [0.25, 0.3) is 11.0 Å². The second-order valence-corrected chi connectivity index (χ2v) is 6.21. The SMILES string of the molecule is c1ccc2nc(NCc3cc4c(s3)CCC4)nnc2c1. The van der Waals surface area contributed by atoms with Gasteiger partial charge in [0.2, 0.25) is 5.95 Å². The van der Waals surface area contributed by atoms with Crippen molar-refractivity contribution in [2.75, 3.05) is 5.32 Å². The van der Waals surface area contributed by atoms with Crippen molar-refractivity contribution in [1.82, 2.24) is 15.2 Å². The van der Waals surface area contributed by atoms with Crippen LogP contribution in [0.5, 0.6) is 0 Å². The summed E-state index contributed by atoms with van der Waals surface area (Å²) in [5.74, 6) is 0.595. The Morgan fingerprint density at radius 2 is 2.00 bits per heavy atom. The second kappa shape index (κ2) is 4.83. The van der Waals surface area contributed by atoms with Crippen LogP contribution in [0.1, 0.15) is 21.7 Å². The Labute approximate surface area is 120 Å². The molecule has 100 valence electrons. The molecule has 1 aromatic carbocycles. The van der Waals surface area contributed by atoms with E-state index in [9.17, 15) is 0 Å². The third kappa shape index (κ3) is 2.14. The fraction of sp³-hybridized carbons (Fsp3) is 0.267. The summed E-state index contributed by atoms with van der Waals surface area (Å²) in [6.45, 7) is 0.775. The highest BCUT2D eigenvalue weighted by Crippen LogP contribution is 2.30. The molecule has 5 heteroatoms. The normalized spacial score (nSPS) is 13.6. The molecule has 0 atom stereocenters. The Morgan fingerprint density at radius 3 is 2.90 bits per heavy atom. The van der Waals surface area contributed by atoms with Crippen LogP contribution in [0.15, 0.2) is 30.3 Å². The number of nitrogens with one attached hydrogen (secondary N) is 1. The van der Waals surface area contributed by atoms with Gasteiger partial charge in [-0.1, -0.05) is 12.1 Å². The minimum atomic E-state index is 0.595. The quantitative estimate of drug-likeness (QED) is 0.801. The van der Waals surface area contributed by atoms with Gasteiger partial charge in [0.15, 0.2) is 0 Å². The summed E-state index contributed by atoms with van der Waals surface area (Å²) in [4.78, 5) is 7.38. The maximum atomic E-state index is 4.47. The van der Waals surface area contributed by atoms with Gasteiger partial charge in [0.1, 0.15) is 5.52 Å². The van der Waals surface area contributed by atoms with Crippen molar-refractivity contribution in [1.29, 1.82) is 0 Å². The third-order valence-electron chi connectivity index (χ3n) is 3.58. The minimum Gasteiger partial charge on any atom is -0.348 e. The molecular formula is C15H14N4S. The molecule has 1 aliphatic carbocycles. The summed E-state index contributed by atoms with van der Waals surface area (Å²) >= 11 is 1.91. The van der Waals surface area contributed by atoms with Gasteiger partial charge < -0.3 is 5.32 Å². The standard InChI is InChI=1S/C15H14N4S/c1-2-6-13-12(5-1)17-15(19-18-13)16-9-11-8-10-4-3-7-14(10)20-11/h1-2,5-6,8H,3-4,7,9H2,(H,16,17,19). The molecular weight excluding hydrogens is 268 g/mol. The molecule has 1 aliphatic rings. The predicted octanol–water partition coefficient (Wildman–Crippen LogP) is 3.19. The maximum Gasteiger partial charge on any atom is 0.243 e. The first kappa shape index (κ1) is 11.8. The van der Waals surface area contributed by atoms with Gasteiger partial charge in [-0.2, -0.15) is 0 Å². The molecule has 20 heavy (non-hydrogen) atoms. The van der Waals surface area contributed by atoms with Gasteiger partial charge in [0.05, 0.1) is 12.1 Å². The lowest BCUT2D eigenvalue weighted by Gasteiger charge is -2.03. The maximum absolute atomic E-state index is 4.47. The average Bonchev–Trinajstić information content (AvgIpc) is 3.06. The molecule has 0 bridgehead atoms. The predicted molar refractivity (Wildman–Crippen MR) is 81.0 cm³/mol. The fourth-order valence-electron chi connectivity index (χ4n) is 2.60. The molecule has 1 N–H and O–H groups in total. The number of para-hydroxylation sites is 1. The molecule has 2 aromatic heterocycles. The van der Waals surface area contributed by atoms with Gasteiger partial charge in [0, 0.05) is 9.75 Å². The van der Waals surface area contributed by atoms with E-state index in [0.29, 0.717) is 5.95 Å². The van der Waals surface area contributed by atoms with Crippen molar-refractivity contribution in [3.05, 3.63) is 45.6 Å². The number of hydrogen-bond acceptors (Lipinski definition) is 5. The molecule has 2 heterocycles. The Hall–Kier alpha value is -2.01. The first-order valence-electron chi connectivity index (χ1n) is 6.82. The Morgan fingerprint density at radius 1 is 1.10 bits per heavy atom. The summed E-state index contributed by atoms with van der Waals surface area (Å²) < 4.78 is 0. The Kier molecular flexibility index (Phi) is 2.85. The zero-order chi connectivity index (χ0) is 13.4. The highest BCUT2D eigenvalue weighted by atomic mass is 32.1. The highest BCUT2D eigenvalue weighted by molar-refractivity contribution is 7.12. The number of aromatic nitrogens is 3. The number of nitrogens with zero attached hydrogens (tertiary/aromatic N) is 3. The van der Waals surface area contributed by atoms with Crippen molar-refractivity contribution in [3.63, 3.8) is 0 Å². The van der Waals surface area contributed by atoms with Crippen LogP contribution in [0, 0.1) is 0 Å². The van der Waals surface area contributed by atoms with E-state index in [2.05, 4.69) is 26.6 Å². The molecule has 0 saturated carbocycles. The molecule has 0 amide bonds. The van der Waals surface area contributed by atoms with Gasteiger partial charge in [-0.15, -0.1) is 21.5 Å². The zero-order valence-electron chi connectivity index (χ0n) is 11.0. The summed E-state index contributed by atoms with van der Waals surface area (Å²) in [7, 11) is 0. The van der Waals surface area contributed by atoms with Crippen LogP contribution in [-0.4, -0.2) is 15.2 Å². The lowest BCUT2D eigenvalue weighted by atomic mass is 10.2. The lowest BCUT2D eigenvalue weighted by molar-refractivity contribution is 0.913. The number of thiophene rings is 1. The largest absolute Gasteiger partial charge is 0.348 e. The molecule has 0 aliphatic heterocycles. The smallest absolute Gasteiger partial charge is 0.243 e. The first-order valence-corrected chi connectivity index (χ1v) is 7.64. The van der Waals surface area contributed by atoms with Crippen molar-refractivity contribution in [2.24, 2.45) is 0 Å². The Balaban J connectivity index is 1.52. The molecule has 0 saturated heterocycles. The number of fused-ring (bicyclic) bond motifs is 2. The van der Waals surface area contributed by atoms with Crippen molar-refractivity contribution in [2.45, 2.75) is 25.8 Å². The van der Waals surface area contributed by atoms with Gasteiger partial charge in [-0.25, -0.2) is 4.98 Å². The topological polar surface area (TPSA) is 50.7 Å². The molecule has 4 nitrogen and oxygen atoms in total. The van der Waals surface area contributed by atoms with E-state index in [1.807, 2.05) is 35.6 Å². The van der Waals surface area contributed by atoms with Crippen LogP contribution in [-0.2, 0) is 19.4 Å². The van der Waals surface area contributed by atoms with Gasteiger partial charge in [0.25, 0.3) is 0 Å². The summed E-state index contributed by atoms with van der Waals surface area (Å²) in [6.07, 6.45) is 3.79. The van der Waals surface area contributed by atoms with Gasteiger partial charge in [-0.05, 0) is 43.0 Å². The highest BCUT2D eigenvalue weighted by Gasteiger charge is 2.14. The molecule has 0 unspecified atom stereocenters. The number of anilines is 1. The van der Waals surface area contributed by atoms with Crippen LogP contribution in [0.3, 0.4) is 0 Å². The monoisotopic (exact) mass is 282 g/mol. The molecule has 0 fully saturated rings. The fourth-order valence-corrected chi connectivity index (χ4v) is 3.80. The number of aryl methyl sites for hydroxylation is 2. The summed E-state index contributed by atoms with van der Waals surface area (Å²) in [6, 6.07) is 10.1. The van der Waals surface area contributed by atoms with Gasteiger partial charge >= 0.3 is 0 Å². The molecule has 4 rings (SSSR count). The van der Waals surface area contributed by atoms with E-state index < -0.39 is 0 Å². The average molecular weight is 282 g/mol. The summed E-state index contributed by atoms with van der Waals surface area (Å²) in [5.41, 5.74) is 3.23. The molecule has 0 spiro atoms. The lowest BCUT2D eigenvalue weighted by Crippen LogP contribution is -2.03. The van der Waals surface area contributed by atoms with E-state index in [-0.39, 0.29) is 0 Å². The minimum absolute atomic E-state index is 0.595. The van der Waals surface area contributed by atoms with E-state index in [0.717, 1.165) is 17.6 Å². The first-order chi connectivity index (χ1) is 9.88. The van der Waals surface area contributed by atoms with Crippen LogP contribution >= 0.6 is 11.3 Å². The van der Waals surface area contributed by atoms with E-state index >= 15 is 0 Å². The van der Waals surface area contributed by atoms with E-state index in [1.54, 1.807) is 4.88 Å². The zero-order valence-corrected chi connectivity index (χ0v) is 11.8. The van der Waals surface area contributed by atoms with Crippen LogP contribution in [0.2, 0.25) is 0 Å². The molecule has 0 radical (unpaired) electrons. The van der Waals surface area contributed by atoms with Crippen LogP contribution < -0.4 is 5.32 Å². The second-order valence-electron chi connectivity index (χ2n) is 4.99. The number of benzene rings is 1. The van der Waals surface area contributed by atoms with Crippen molar-refractivity contribution < 1.29 is 0 Å². The number of rotatable bonds is 3. The van der Waals surface area contributed by atoms with Gasteiger partial charge in [-0.3, -0.25) is 0 Å². The van der Waals surface area contributed by atoms with E-state index in [4.69, 9.17) is 0 Å². The van der Waals surface area contributed by atoms with Crippen LogP contribution in [0.4, 0.5) is 5.95 Å². The third-order valence-corrected chi connectivity index (χ3v) is 4.82. The van der Waals surface area contributed by atoms with Crippen molar-refractivity contribution >= 4 is 28.3 Å². The Bertz CT molecular complexity index is 744. The number of hydrogen-bond donors (Lipinski definition) is 1.